The van der Waals surface area contributed by atoms with Crippen LogP contribution in [-0.4, -0.2) is 39.5 Å². The fraction of sp³-hybridized carbons (Fsp3) is 0.429. The van der Waals surface area contributed by atoms with Gasteiger partial charge >= 0.3 is 0 Å². The lowest BCUT2D eigenvalue weighted by atomic mass is 10.1. The van der Waals surface area contributed by atoms with Crippen LogP contribution < -0.4 is 9.64 Å². The summed E-state index contributed by atoms with van der Waals surface area (Å²) in [5.41, 5.74) is 2.77. The number of thioether (sulfide) groups is 1. The third kappa shape index (κ3) is 4.53. The van der Waals surface area contributed by atoms with Crippen LogP contribution in [0.25, 0.3) is 11.4 Å². The van der Waals surface area contributed by atoms with E-state index in [4.69, 9.17) is 9.26 Å². The molecule has 1 aromatic carbocycles. The van der Waals surface area contributed by atoms with Gasteiger partial charge in [0, 0.05) is 34.8 Å². The molecule has 0 amide bonds. The van der Waals surface area contributed by atoms with Crippen molar-refractivity contribution in [3.05, 3.63) is 41.4 Å². The van der Waals surface area contributed by atoms with Crippen molar-refractivity contribution in [3.63, 3.8) is 0 Å². The summed E-state index contributed by atoms with van der Waals surface area (Å²) in [6.07, 6.45) is 5.67. The summed E-state index contributed by atoms with van der Waals surface area (Å²) in [5, 5.41) is 4.07. The summed E-state index contributed by atoms with van der Waals surface area (Å²) in [6.45, 7) is 6.11. The van der Waals surface area contributed by atoms with E-state index in [1.807, 2.05) is 44.4 Å². The molecule has 0 atom stereocenters. The Balaban J connectivity index is 1.47. The van der Waals surface area contributed by atoms with E-state index in [-0.39, 0.29) is 6.61 Å². The number of hydrogen-bond acceptors (Lipinski definition) is 8. The number of rotatable bonds is 6. The summed E-state index contributed by atoms with van der Waals surface area (Å²) in [6, 6.07) is 8.07. The number of aromatic nitrogens is 4. The van der Waals surface area contributed by atoms with Gasteiger partial charge in [-0.1, -0.05) is 5.16 Å². The maximum absolute atomic E-state index is 5.94. The van der Waals surface area contributed by atoms with Crippen molar-refractivity contribution in [2.24, 2.45) is 0 Å². The van der Waals surface area contributed by atoms with E-state index in [9.17, 15) is 0 Å². The average Bonchev–Trinajstić information content (AvgIpc) is 3.24. The molecule has 0 saturated carbocycles. The standard InChI is InChI=1S/C21H25N5O2S/c1-14-15(2)22-21(26-11-5-4-6-12-26)24-20(14)27-13-18-23-19(25-28-18)16-7-9-17(29-3)10-8-16/h7-10H,4-6,11-13H2,1-3H3. The van der Waals surface area contributed by atoms with Gasteiger partial charge in [-0.05, 0) is 63.6 Å². The van der Waals surface area contributed by atoms with Crippen molar-refractivity contribution in [1.29, 1.82) is 0 Å². The predicted molar refractivity (Wildman–Crippen MR) is 113 cm³/mol. The second-order valence-electron chi connectivity index (χ2n) is 7.12. The molecule has 7 nitrogen and oxygen atoms in total. The lowest BCUT2D eigenvalue weighted by Crippen LogP contribution is -2.31. The van der Waals surface area contributed by atoms with Gasteiger partial charge < -0.3 is 14.2 Å². The van der Waals surface area contributed by atoms with E-state index in [1.165, 1.54) is 24.2 Å². The first kappa shape index (κ1) is 19.7. The largest absolute Gasteiger partial charge is 0.467 e. The second kappa shape index (κ2) is 8.82. The first-order valence-electron chi connectivity index (χ1n) is 9.84. The number of hydrogen-bond donors (Lipinski definition) is 0. The van der Waals surface area contributed by atoms with Gasteiger partial charge in [0.2, 0.25) is 17.7 Å². The molecule has 2 aromatic heterocycles. The quantitative estimate of drug-likeness (QED) is 0.551. The van der Waals surface area contributed by atoms with Crippen LogP contribution in [0.2, 0.25) is 0 Å². The molecule has 3 aromatic rings. The number of nitrogens with zero attached hydrogens (tertiary/aromatic N) is 5. The van der Waals surface area contributed by atoms with E-state index < -0.39 is 0 Å². The Hall–Kier alpha value is -2.61. The summed E-state index contributed by atoms with van der Waals surface area (Å²) in [5.74, 6) is 2.29. The van der Waals surface area contributed by atoms with Crippen molar-refractivity contribution in [2.75, 3.05) is 24.2 Å². The van der Waals surface area contributed by atoms with E-state index in [2.05, 4.69) is 25.0 Å². The molecule has 1 saturated heterocycles. The van der Waals surface area contributed by atoms with Gasteiger partial charge in [0.05, 0.1) is 0 Å². The zero-order chi connectivity index (χ0) is 20.2. The Morgan fingerprint density at radius 1 is 1.03 bits per heavy atom. The summed E-state index contributed by atoms with van der Waals surface area (Å²) in [4.78, 5) is 17.2. The molecular formula is C21H25N5O2S. The lowest BCUT2D eigenvalue weighted by molar-refractivity contribution is 0.233. The second-order valence-corrected chi connectivity index (χ2v) is 8.00. The number of ether oxygens (including phenoxy) is 1. The topological polar surface area (TPSA) is 77.2 Å². The molecule has 1 aliphatic rings. The first-order valence-corrected chi connectivity index (χ1v) is 11.1. The number of anilines is 1. The SMILES string of the molecule is CSc1ccc(-c2noc(COc3nc(N4CCCCC4)nc(C)c3C)n2)cc1. The Kier molecular flexibility index (Phi) is 5.99. The van der Waals surface area contributed by atoms with Crippen LogP contribution in [0.1, 0.15) is 36.4 Å². The highest BCUT2D eigenvalue weighted by Gasteiger charge is 2.18. The van der Waals surface area contributed by atoms with Gasteiger partial charge in [0.25, 0.3) is 5.89 Å². The molecule has 1 fully saturated rings. The minimum Gasteiger partial charge on any atom is -0.467 e. The maximum Gasteiger partial charge on any atom is 0.264 e. The third-order valence-electron chi connectivity index (χ3n) is 5.12. The average molecular weight is 412 g/mol. The van der Waals surface area contributed by atoms with Crippen LogP contribution in [0.4, 0.5) is 5.95 Å². The van der Waals surface area contributed by atoms with Crippen LogP contribution in [0.15, 0.2) is 33.7 Å². The predicted octanol–water partition coefficient (Wildman–Crippen LogP) is 4.43. The molecule has 0 aliphatic carbocycles. The minimum atomic E-state index is 0.173. The first-order chi connectivity index (χ1) is 14.1. The molecular weight excluding hydrogens is 386 g/mol. The smallest absolute Gasteiger partial charge is 0.264 e. The minimum absolute atomic E-state index is 0.173. The van der Waals surface area contributed by atoms with Gasteiger partial charge in [-0.25, -0.2) is 4.98 Å². The van der Waals surface area contributed by atoms with Crippen molar-refractivity contribution in [3.8, 4) is 17.3 Å². The van der Waals surface area contributed by atoms with E-state index in [1.54, 1.807) is 11.8 Å². The van der Waals surface area contributed by atoms with Crippen LogP contribution in [0.3, 0.4) is 0 Å². The number of aryl methyl sites for hydroxylation is 1. The molecule has 0 spiro atoms. The maximum atomic E-state index is 5.94. The van der Waals surface area contributed by atoms with Gasteiger partial charge in [-0.15, -0.1) is 11.8 Å². The van der Waals surface area contributed by atoms with Crippen molar-refractivity contribution in [2.45, 2.75) is 44.6 Å². The zero-order valence-electron chi connectivity index (χ0n) is 17.0. The highest BCUT2D eigenvalue weighted by Crippen LogP contribution is 2.25. The molecule has 29 heavy (non-hydrogen) atoms. The monoisotopic (exact) mass is 411 g/mol. The Morgan fingerprint density at radius 2 is 1.79 bits per heavy atom. The molecule has 0 bridgehead atoms. The summed E-state index contributed by atoms with van der Waals surface area (Å²) < 4.78 is 11.3. The van der Waals surface area contributed by atoms with Crippen molar-refractivity contribution < 1.29 is 9.26 Å². The molecule has 3 heterocycles. The van der Waals surface area contributed by atoms with Crippen LogP contribution in [0, 0.1) is 13.8 Å². The highest BCUT2D eigenvalue weighted by atomic mass is 32.2. The van der Waals surface area contributed by atoms with Crippen molar-refractivity contribution >= 4 is 17.7 Å². The Bertz CT molecular complexity index is 968. The van der Waals surface area contributed by atoms with Gasteiger partial charge in [0.15, 0.2) is 6.61 Å². The van der Waals surface area contributed by atoms with E-state index >= 15 is 0 Å². The van der Waals surface area contributed by atoms with Crippen LogP contribution in [-0.2, 0) is 6.61 Å². The van der Waals surface area contributed by atoms with E-state index in [0.29, 0.717) is 17.6 Å². The van der Waals surface area contributed by atoms with Crippen LogP contribution in [0.5, 0.6) is 5.88 Å². The Morgan fingerprint density at radius 3 is 2.52 bits per heavy atom. The fourth-order valence-corrected chi connectivity index (χ4v) is 3.67. The van der Waals surface area contributed by atoms with E-state index in [0.717, 1.165) is 35.9 Å². The van der Waals surface area contributed by atoms with Crippen molar-refractivity contribution in [1.82, 2.24) is 20.1 Å². The summed E-state index contributed by atoms with van der Waals surface area (Å²) >= 11 is 1.70. The molecule has 0 unspecified atom stereocenters. The molecule has 0 N–H and O–H groups in total. The highest BCUT2D eigenvalue weighted by molar-refractivity contribution is 7.98. The number of benzene rings is 1. The van der Waals surface area contributed by atoms with Gasteiger partial charge in [-0.2, -0.15) is 9.97 Å². The lowest BCUT2D eigenvalue weighted by Gasteiger charge is -2.27. The molecule has 8 heteroatoms. The third-order valence-corrected chi connectivity index (χ3v) is 5.86. The van der Waals surface area contributed by atoms with Gasteiger partial charge in [0.1, 0.15) is 0 Å². The molecule has 1 aliphatic heterocycles. The van der Waals surface area contributed by atoms with Crippen LogP contribution >= 0.6 is 11.8 Å². The fourth-order valence-electron chi connectivity index (χ4n) is 3.27. The summed E-state index contributed by atoms with van der Waals surface area (Å²) in [7, 11) is 0. The molecule has 152 valence electrons. The molecule has 0 radical (unpaired) electrons. The Labute approximate surface area is 174 Å². The van der Waals surface area contributed by atoms with Gasteiger partial charge in [-0.3, -0.25) is 0 Å². The zero-order valence-corrected chi connectivity index (χ0v) is 17.8. The number of piperidine rings is 1. The normalized spacial score (nSPS) is 14.2. The molecule has 4 rings (SSSR count).